The minimum absolute atomic E-state index is 0.126. The lowest BCUT2D eigenvalue weighted by molar-refractivity contribution is -0.172. The fourth-order valence-electron chi connectivity index (χ4n) is 3.36. The lowest BCUT2D eigenvalue weighted by Crippen LogP contribution is -2.41. The number of halogens is 3. The average Bonchev–Trinajstić information content (AvgIpc) is 3.18. The minimum Gasteiger partial charge on any atom is -0.508 e. The molecule has 1 aromatic heterocycles. The van der Waals surface area contributed by atoms with Crippen molar-refractivity contribution in [3.8, 4) is 5.75 Å². The number of amides is 1. The van der Waals surface area contributed by atoms with Crippen molar-refractivity contribution in [3.05, 3.63) is 60.2 Å². The number of ketones is 1. The molecule has 0 saturated carbocycles. The number of aromatic hydroxyl groups is 1. The Morgan fingerprint density at radius 3 is 2.57 bits per heavy atom. The van der Waals surface area contributed by atoms with E-state index in [0.717, 1.165) is 0 Å². The maximum atomic E-state index is 13.0. The van der Waals surface area contributed by atoms with Gasteiger partial charge in [-0.3, -0.25) is 9.59 Å². The third-order valence-corrected chi connectivity index (χ3v) is 4.73. The van der Waals surface area contributed by atoms with Gasteiger partial charge in [-0.2, -0.15) is 13.2 Å². The highest BCUT2D eigenvalue weighted by Gasteiger charge is 2.43. The molecule has 0 aliphatic carbocycles. The van der Waals surface area contributed by atoms with E-state index < -0.39 is 17.9 Å². The highest BCUT2D eigenvalue weighted by molar-refractivity contribution is 6.26. The van der Waals surface area contributed by atoms with Gasteiger partial charge in [-0.05, 0) is 24.3 Å². The summed E-state index contributed by atoms with van der Waals surface area (Å²) in [6.07, 6.45) is -5.15. The number of benzene rings is 2. The molecular formula is C20H15F3N4O3. The molecule has 0 saturated heterocycles. The molecule has 2 aromatic carbocycles. The van der Waals surface area contributed by atoms with E-state index in [-0.39, 0.29) is 35.2 Å². The number of hydrogen-bond donors (Lipinski definition) is 2. The first-order valence-electron chi connectivity index (χ1n) is 8.81. The van der Waals surface area contributed by atoms with Crippen LogP contribution in [0.1, 0.15) is 5.82 Å². The van der Waals surface area contributed by atoms with Crippen LogP contribution in [-0.2, 0) is 16.6 Å². The van der Waals surface area contributed by atoms with Gasteiger partial charge in [0.1, 0.15) is 23.0 Å². The van der Waals surface area contributed by atoms with E-state index in [1.54, 1.807) is 35.9 Å². The highest BCUT2D eigenvalue weighted by Crippen LogP contribution is 2.34. The predicted octanol–water partition coefficient (Wildman–Crippen LogP) is 2.72. The Morgan fingerprint density at radius 2 is 1.90 bits per heavy atom. The first-order valence-corrected chi connectivity index (χ1v) is 8.81. The van der Waals surface area contributed by atoms with Crippen molar-refractivity contribution < 1.29 is 27.9 Å². The second-order valence-corrected chi connectivity index (χ2v) is 6.69. The van der Waals surface area contributed by atoms with Crippen LogP contribution in [0.25, 0.3) is 16.6 Å². The van der Waals surface area contributed by atoms with E-state index in [9.17, 15) is 27.9 Å². The third-order valence-electron chi connectivity index (χ3n) is 4.73. The lowest BCUT2D eigenvalue weighted by Gasteiger charge is -2.23. The van der Waals surface area contributed by atoms with Gasteiger partial charge >= 0.3 is 12.1 Å². The van der Waals surface area contributed by atoms with Gasteiger partial charge in [0.2, 0.25) is 0 Å². The molecule has 2 heterocycles. The van der Waals surface area contributed by atoms with E-state index in [4.69, 9.17) is 0 Å². The first kappa shape index (κ1) is 19.5. The zero-order chi connectivity index (χ0) is 21.6. The maximum Gasteiger partial charge on any atom is 0.471 e. The summed E-state index contributed by atoms with van der Waals surface area (Å²) in [7, 11) is 1.63. The summed E-state index contributed by atoms with van der Waals surface area (Å²) in [4.78, 5) is 30.2. The smallest absolute Gasteiger partial charge is 0.471 e. The van der Waals surface area contributed by atoms with Crippen molar-refractivity contribution in [1.29, 1.82) is 0 Å². The fraction of sp³-hybridized carbons (Fsp3) is 0.150. The number of anilines is 1. The molecule has 0 radical (unpaired) electrons. The molecular weight excluding hydrogens is 401 g/mol. The van der Waals surface area contributed by atoms with Crippen molar-refractivity contribution in [2.24, 2.45) is 7.05 Å². The quantitative estimate of drug-likeness (QED) is 0.686. The zero-order valence-electron chi connectivity index (χ0n) is 15.6. The number of carbonyl (C=O) groups is 2. The van der Waals surface area contributed by atoms with Crippen LogP contribution < -0.4 is 10.2 Å². The Hall–Kier alpha value is -3.82. The summed E-state index contributed by atoms with van der Waals surface area (Å²) in [6, 6.07) is 12.6. The van der Waals surface area contributed by atoms with Gasteiger partial charge < -0.3 is 19.9 Å². The standard InChI is InChI=1S/C20H15F3N4O3/c1-26-14-8-3-2-7-13(14)24-17(26)16-15(29)10-27(11-5-4-6-12(28)9-11)18(16)25-19(30)20(21,22)23/h2-9,28H,10H2,1H3,(H,25,30). The highest BCUT2D eigenvalue weighted by atomic mass is 19.4. The maximum absolute atomic E-state index is 13.0. The monoisotopic (exact) mass is 416 g/mol. The lowest BCUT2D eigenvalue weighted by atomic mass is 10.2. The summed E-state index contributed by atoms with van der Waals surface area (Å²) in [5, 5.41) is 11.6. The Morgan fingerprint density at radius 1 is 1.17 bits per heavy atom. The number of para-hydroxylation sites is 2. The number of rotatable bonds is 3. The average molecular weight is 416 g/mol. The zero-order valence-corrected chi connectivity index (χ0v) is 15.6. The van der Waals surface area contributed by atoms with E-state index in [2.05, 4.69) is 4.98 Å². The van der Waals surface area contributed by atoms with Crippen LogP contribution in [-0.4, -0.2) is 39.1 Å². The minimum atomic E-state index is -5.15. The van der Waals surface area contributed by atoms with Gasteiger partial charge in [-0.1, -0.05) is 18.2 Å². The summed E-state index contributed by atoms with van der Waals surface area (Å²) >= 11 is 0. The SMILES string of the molecule is Cn1c(C2=C(NC(=O)C(F)(F)F)N(c3cccc(O)c3)CC2=O)nc2ccccc21. The second kappa shape index (κ2) is 6.90. The van der Waals surface area contributed by atoms with Crippen LogP contribution >= 0.6 is 0 Å². The van der Waals surface area contributed by atoms with Crippen molar-refractivity contribution in [2.75, 3.05) is 11.4 Å². The molecule has 1 amide bonds. The number of Topliss-reactive ketones (excluding diaryl/α,β-unsaturated/α-hetero) is 1. The molecule has 0 unspecified atom stereocenters. The molecule has 154 valence electrons. The normalized spacial score (nSPS) is 14.7. The van der Waals surface area contributed by atoms with E-state index in [0.29, 0.717) is 11.0 Å². The molecule has 10 heteroatoms. The van der Waals surface area contributed by atoms with E-state index in [1.165, 1.54) is 29.2 Å². The second-order valence-electron chi connectivity index (χ2n) is 6.69. The number of carbonyl (C=O) groups excluding carboxylic acids is 2. The number of hydrogen-bond acceptors (Lipinski definition) is 5. The summed E-state index contributed by atoms with van der Waals surface area (Å²) < 4.78 is 40.5. The Balaban J connectivity index is 1.92. The molecule has 0 atom stereocenters. The third kappa shape index (κ3) is 3.25. The van der Waals surface area contributed by atoms with Crippen molar-refractivity contribution in [3.63, 3.8) is 0 Å². The van der Waals surface area contributed by atoms with Crippen LogP contribution in [0.15, 0.2) is 54.4 Å². The number of nitrogens with zero attached hydrogens (tertiary/aromatic N) is 3. The summed E-state index contributed by atoms with van der Waals surface area (Å²) in [5.41, 5.74) is 1.32. The molecule has 2 N–H and O–H groups in total. The fourth-order valence-corrected chi connectivity index (χ4v) is 3.36. The van der Waals surface area contributed by atoms with E-state index in [1.807, 2.05) is 5.32 Å². The first-order chi connectivity index (χ1) is 14.2. The van der Waals surface area contributed by atoms with Crippen LogP contribution in [0.4, 0.5) is 18.9 Å². The van der Waals surface area contributed by atoms with Gasteiger partial charge in [0.05, 0.1) is 17.6 Å². The number of alkyl halides is 3. The molecule has 4 rings (SSSR count). The number of phenols is 1. The predicted molar refractivity (Wildman–Crippen MR) is 102 cm³/mol. The van der Waals surface area contributed by atoms with Gasteiger partial charge in [0.25, 0.3) is 0 Å². The molecule has 0 fully saturated rings. The van der Waals surface area contributed by atoms with Gasteiger partial charge in [-0.25, -0.2) is 4.98 Å². The number of aryl methyl sites for hydroxylation is 1. The Bertz CT molecular complexity index is 1210. The number of aromatic nitrogens is 2. The molecule has 1 aliphatic rings. The Labute approximate surface area is 168 Å². The van der Waals surface area contributed by atoms with Crippen LogP contribution in [0.3, 0.4) is 0 Å². The van der Waals surface area contributed by atoms with Crippen LogP contribution in [0.2, 0.25) is 0 Å². The topological polar surface area (TPSA) is 87.5 Å². The largest absolute Gasteiger partial charge is 0.508 e. The molecule has 3 aromatic rings. The van der Waals surface area contributed by atoms with Crippen LogP contribution in [0.5, 0.6) is 5.75 Å². The molecule has 1 aliphatic heterocycles. The van der Waals surface area contributed by atoms with Crippen molar-refractivity contribution in [1.82, 2.24) is 14.9 Å². The molecule has 7 nitrogen and oxygen atoms in total. The summed E-state index contributed by atoms with van der Waals surface area (Å²) in [5.74, 6) is -3.09. The molecule has 30 heavy (non-hydrogen) atoms. The number of imidazole rings is 1. The van der Waals surface area contributed by atoms with Crippen molar-refractivity contribution >= 4 is 34.0 Å². The number of fused-ring (bicyclic) bond motifs is 1. The number of nitrogens with one attached hydrogen (secondary N) is 1. The van der Waals surface area contributed by atoms with Gasteiger partial charge in [0, 0.05) is 18.8 Å². The van der Waals surface area contributed by atoms with Crippen LogP contribution in [0, 0.1) is 0 Å². The van der Waals surface area contributed by atoms with Gasteiger partial charge in [0.15, 0.2) is 5.78 Å². The van der Waals surface area contributed by atoms with Crippen molar-refractivity contribution in [2.45, 2.75) is 6.18 Å². The Kier molecular flexibility index (Phi) is 4.49. The molecule has 0 spiro atoms. The van der Waals surface area contributed by atoms with Gasteiger partial charge in [-0.15, -0.1) is 0 Å². The number of phenolic OH excluding ortho intramolecular Hbond substituents is 1. The molecule has 0 bridgehead atoms. The van der Waals surface area contributed by atoms with E-state index >= 15 is 0 Å². The summed E-state index contributed by atoms with van der Waals surface area (Å²) in [6.45, 7) is -0.324.